The maximum absolute atomic E-state index is 12.7. The molecule has 0 spiro atoms. The molecule has 1 aliphatic heterocycles. The first-order valence-corrected chi connectivity index (χ1v) is 9.01. The number of ether oxygens (including phenoxy) is 2. The average molecular weight is 396 g/mol. The van der Waals surface area contributed by atoms with Gasteiger partial charge in [0.1, 0.15) is 0 Å². The topological polar surface area (TPSA) is 59.1 Å². The second-order valence-electron chi connectivity index (χ2n) is 7.46. The smallest absolute Gasteiger partial charge is 0.387 e. The van der Waals surface area contributed by atoms with E-state index in [-0.39, 0.29) is 23.3 Å². The molecule has 1 heterocycles. The second kappa shape index (κ2) is 9.03. The molecule has 0 bridgehead atoms. The fourth-order valence-electron chi connectivity index (χ4n) is 2.91. The van der Waals surface area contributed by atoms with Gasteiger partial charge in [-0.1, -0.05) is 32.9 Å². The molecule has 2 rings (SSSR count). The number of halogens is 2. The van der Waals surface area contributed by atoms with Crippen LogP contribution in [0.15, 0.2) is 24.3 Å². The molecule has 0 aromatic heterocycles. The van der Waals surface area contributed by atoms with Crippen LogP contribution in [0.3, 0.4) is 0 Å². The van der Waals surface area contributed by atoms with Gasteiger partial charge in [-0.3, -0.25) is 9.59 Å². The summed E-state index contributed by atoms with van der Waals surface area (Å²) in [5.74, 6) is -0.164. The summed E-state index contributed by atoms with van der Waals surface area (Å²) in [6, 6.07) is 4.68. The molecular weight excluding hydrogens is 370 g/mol. The lowest BCUT2D eigenvalue weighted by Gasteiger charge is -2.37. The number of nitrogens with zero attached hydrogens (tertiary/aromatic N) is 2. The van der Waals surface area contributed by atoms with E-state index < -0.39 is 12.0 Å². The van der Waals surface area contributed by atoms with Gasteiger partial charge in [0.25, 0.3) is 0 Å². The maximum atomic E-state index is 12.7. The molecular formula is C20H26F2N2O4. The van der Waals surface area contributed by atoms with E-state index in [1.165, 1.54) is 25.3 Å². The number of alkyl halides is 2. The van der Waals surface area contributed by atoms with E-state index in [0.717, 1.165) is 0 Å². The summed E-state index contributed by atoms with van der Waals surface area (Å²) in [6.45, 7) is 4.36. The number of hydrogen-bond acceptors (Lipinski definition) is 4. The van der Waals surface area contributed by atoms with E-state index in [0.29, 0.717) is 31.7 Å². The van der Waals surface area contributed by atoms with Crippen LogP contribution in [0.1, 0.15) is 26.3 Å². The molecule has 1 aromatic carbocycles. The minimum atomic E-state index is -3.01. The molecule has 154 valence electrons. The second-order valence-corrected chi connectivity index (χ2v) is 7.46. The van der Waals surface area contributed by atoms with Gasteiger partial charge in [-0.25, -0.2) is 0 Å². The van der Waals surface area contributed by atoms with Crippen LogP contribution in [-0.4, -0.2) is 61.5 Å². The maximum Gasteiger partial charge on any atom is 0.387 e. The van der Waals surface area contributed by atoms with Crippen LogP contribution in [0.2, 0.25) is 0 Å². The summed E-state index contributed by atoms with van der Waals surface area (Å²) in [4.78, 5) is 28.1. The van der Waals surface area contributed by atoms with Gasteiger partial charge >= 0.3 is 6.61 Å². The number of piperazine rings is 1. The van der Waals surface area contributed by atoms with Crippen molar-refractivity contribution in [1.29, 1.82) is 0 Å². The van der Waals surface area contributed by atoms with Crippen LogP contribution in [0, 0.1) is 5.41 Å². The summed E-state index contributed by atoms with van der Waals surface area (Å²) in [7, 11) is 1.35. The highest BCUT2D eigenvalue weighted by atomic mass is 19.3. The normalized spacial score (nSPS) is 15.2. The van der Waals surface area contributed by atoms with E-state index in [2.05, 4.69) is 4.74 Å². The molecule has 1 aliphatic rings. The summed E-state index contributed by atoms with van der Waals surface area (Å²) < 4.78 is 35.0. The van der Waals surface area contributed by atoms with Gasteiger partial charge in [0.2, 0.25) is 11.8 Å². The zero-order chi connectivity index (χ0) is 20.9. The Balaban J connectivity index is 2.04. The van der Waals surface area contributed by atoms with Crippen molar-refractivity contribution in [2.75, 3.05) is 33.3 Å². The van der Waals surface area contributed by atoms with Crippen molar-refractivity contribution in [3.8, 4) is 11.5 Å². The Kier molecular flexibility index (Phi) is 6.99. The number of carbonyl (C=O) groups excluding carboxylic acids is 2. The molecule has 6 nitrogen and oxygen atoms in total. The third kappa shape index (κ3) is 5.43. The average Bonchev–Trinajstić information content (AvgIpc) is 2.65. The minimum Gasteiger partial charge on any atom is -0.493 e. The molecule has 0 atom stereocenters. The largest absolute Gasteiger partial charge is 0.493 e. The van der Waals surface area contributed by atoms with Crippen LogP contribution in [0.4, 0.5) is 8.78 Å². The van der Waals surface area contributed by atoms with Crippen molar-refractivity contribution in [2.45, 2.75) is 27.4 Å². The first-order valence-electron chi connectivity index (χ1n) is 9.01. The first kappa shape index (κ1) is 21.7. The van der Waals surface area contributed by atoms with Gasteiger partial charge in [0.05, 0.1) is 7.11 Å². The lowest BCUT2D eigenvalue weighted by Crippen LogP contribution is -2.52. The van der Waals surface area contributed by atoms with Crippen LogP contribution >= 0.6 is 0 Å². The Morgan fingerprint density at radius 1 is 1.11 bits per heavy atom. The molecule has 1 fully saturated rings. The van der Waals surface area contributed by atoms with Crippen LogP contribution in [0.5, 0.6) is 11.5 Å². The number of hydrogen-bond donors (Lipinski definition) is 0. The number of rotatable bonds is 5. The number of methoxy groups -OCH3 is 1. The Morgan fingerprint density at radius 3 is 2.25 bits per heavy atom. The van der Waals surface area contributed by atoms with E-state index in [1.807, 2.05) is 20.8 Å². The molecule has 0 unspecified atom stereocenters. The van der Waals surface area contributed by atoms with Crippen LogP contribution < -0.4 is 9.47 Å². The SMILES string of the molecule is COc1cccc(/C=C/C(=O)N2CCN(C(=O)C(C)(C)C)CC2)c1OC(F)F. The van der Waals surface area contributed by atoms with Crippen molar-refractivity contribution in [3.05, 3.63) is 29.8 Å². The summed E-state index contributed by atoms with van der Waals surface area (Å²) in [5, 5.41) is 0. The van der Waals surface area contributed by atoms with Crippen molar-refractivity contribution in [1.82, 2.24) is 9.80 Å². The van der Waals surface area contributed by atoms with Crippen molar-refractivity contribution >= 4 is 17.9 Å². The highest BCUT2D eigenvalue weighted by molar-refractivity contribution is 5.92. The van der Waals surface area contributed by atoms with Crippen molar-refractivity contribution < 1.29 is 27.8 Å². The highest BCUT2D eigenvalue weighted by Crippen LogP contribution is 2.33. The quantitative estimate of drug-likeness (QED) is 0.718. The Morgan fingerprint density at radius 2 is 1.71 bits per heavy atom. The van der Waals surface area contributed by atoms with Gasteiger partial charge in [0, 0.05) is 43.2 Å². The molecule has 0 saturated carbocycles. The molecule has 2 amide bonds. The fraction of sp³-hybridized carbons (Fsp3) is 0.500. The first-order chi connectivity index (χ1) is 13.1. The third-order valence-corrected chi connectivity index (χ3v) is 4.36. The number of benzene rings is 1. The Labute approximate surface area is 163 Å². The number of carbonyl (C=O) groups is 2. The molecule has 8 heteroatoms. The summed E-state index contributed by atoms with van der Waals surface area (Å²) in [5.41, 5.74) is -0.144. The molecule has 0 radical (unpaired) electrons. The van der Waals surface area contributed by atoms with Gasteiger partial charge < -0.3 is 19.3 Å². The third-order valence-electron chi connectivity index (χ3n) is 4.36. The summed E-state index contributed by atoms with van der Waals surface area (Å²) in [6.07, 6.45) is 2.74. The predicted molar refractivity (Wildman–Crippen MR) is 101 cm³/mol. The molecule has 1 saturated heterocycles. The summed E-state index contributed by atoms with van der Waals surface area (Å²) >= 11 is 0. The lowest BCUT2D eigenvalue weighted by atomic mass is 9.94. The minimum absolute atomic E-state index is 0.0558. The van der Waals surface area contributed by atoms with E-state index in [4.69, 9.17) is 4.74 Å². The van der Waals surface area contributed by atoms with E-state index in [1.54, 1.807) is 21.9 Å². The highest BCUT2D eigenvalue weighted by Gasteiger charge is 2.30. The molecule has 1 aromatic rings. The Bertz CT molecular complexity index is 736. The van der Waals surface area contributed by atoms with Gasteiger partial charge in [-0.15, -0.1) is 0 Å². The van der Waals surface area contributed by atoms with Crippen molar-refractivity contribution in [3.63, 3.8) is 0 Å². The van der Waals surface area contributed by atoms with Crippen LogP contribution in [-0.2, 0) is 9.59 Å². The molecule has 0 aliphatic carbocycles. The van der Waals surface area contributed by atoms with E-state index in [9.17, 15) is 18.4 Å². The number of para-hydroxylation sites is 1. The Hall–Kier alpha value is -2.64. The number of amides is 2. The van der Waals surface area contributed by atoms with Gasteiger partial charge in [-0.05, 0) is 12.1 Å². The monoisotopic (exact) mass is 396 g/mol. The predicted octanol–water partition coefficient (Wildman–Crippen LogP) is 3.03. The fourth-order valence-corrected chi connectivity index (χ4v) is 2.91. The zero-order valence-electron chi connectivity index (χ0n) is 16.6. The lowest BCUT2D eigenvalue weighted by molar-refractivity contribution is -0.143. The molecule has 0 N–H and O–H groups in total. The zero-order valence-corrected chi connectivity index (χ0v) is 16.6. The van der Waals surface area contributed by atoms with Gasteiger partial charge in [-0.2, -0.15) is 8.78 Å². The standard InChI is InChI=1S/C20H26F2N2O4/c1-20(2,3)18(26)24-12-10-23(11-13-24)16(25)9-8-14-6-5-7-15(27-4)17(14)28-19(21)22/h5-9,19H,10-13H2,1-4H3/b9-8+. The molecule has 28 heavy (non-hydrogen) atoms. The van der Waals surface area contributed by atoms with Crippen LogP contribution in [0.25, 0.3) is 6.08 Å². The van der Waals surface area contributed by atoms with Gasteiger partial charge in [0.15, 0.2) is 11.5 Å². The van der Waals surface area contributed by atoms with Crippen molar-refractivity contribution in [2.24, 2.45) is 5.41 Å². The van der Waals surface area contributed by atoms with E-state index >= 15 is 0 Å².